The zero-order valence-corrected chi connectivity index (χ0v) is 12.4. The van der Waals surface area contributed by atoms with Crippen molar-refractivity contribution in [1.29, 1.82) is 0 Å². The van der Waals surface area contributed by atoms with Crippen molar-refractivity contribution in [1.82, 2.24) is 0 Å². The lowest BCUT2D eigenvalue weighted by molar-refractivity contribution is 0.0599. The van der Waals surface area contributed by atoms with Crippen molar-refractivity contribution in [2.24, 2.45) is 5.16 Å². The zero-order chi connectivity index (χ0) is 15.2. The molecule has 0 aliphatic heterocycles. The van der Waals surface area contributed by atoms with Gasteiger partial charge in [0.2, 0.25) is 0 Å². The molecule has 0 aliphatic rings. The van der Waals surface area contributed by atoms with Crippen LogP contribution in [0.4, 0.5) is 0 Å². The minimum Gasteiger partial charge on any atom is -0.465 e. The number of benzene rings is 1. The fourth-order valence-corrected chi connectivity index (χ4v) is 1.80. The quantitative estimate of drug-likeness (QED) is 0.481. The number of carbonyl (C=O) groups is 1. The number of nitrogens with zero attached hydrogens (tertiary/aromatic N) is 1. The molecule has 1 aromatic heterocycles. The van der Waals surface area contributed by atoms with E-state index < -0.39 is 5.97 Å². The molecule has 2 aromatic rings. The van der Waals surface area contributed by atoms with Crippen molar-refractivity contribution in [2.45, 2.75) is 13.5 Å². The zero-order valence-electron chi connectivity index (χ0n) is 11.6. The van der Waals surface area contributed by atoms with Crippen LogP contribution < -0.4 is 0 Å². The number of rotatable bonds is 5. The van der Waals surface area contributed by atoms with Gasteiger partial charge >= 0.3 is 5.97 Å². The first-order chi connectivity index (χ1) is 10.1. The van der Waals surface area contributed by atoms with E-state index in [0.29, 0.717) is 22.1 Å². The van der Waals surface area contributed by atoms with Gasteiger partial charge in [-0.25, -0.2) is 4.79 Å². The average Bonchev–Trinajstić information content (AvgIpc) is 2.85. The second-order valence-corrected chi connectivity index (χ2v) is 4.67. The highest BCUT2D eigenvalue weighted by Gasteiger charge is 2.15. The molecule has 0 bridgehead atoms. The van der Waals surface area contributed by atoms with Crippen molar-refractivity contribution >= 4 is 23.8 Å². The highest BCUT2D eigenvalue weighted by atomic mass is 35.5. The van der Waals surface area contributed by atoms with Crippen LogP contribution in [-0.4, -0.2) is 19.3 Å². The monoisotopic (exact) mass is 307 g/mol. The molecule has 0 spiro atoms. The van der Waals surface area contributed by atoms with Crippen LogP contribution in [0, 0.1) is 6.92 Å². The fraction of sp³-hybridized carbons (Fsp3) is 0.200. The molecule has 2 rings (SSSR count). The number of carbonyl (C=O) groups excluding carboxylic acids is 1. The maximum Gasteiger partial charge on any atom is 0.341 e. The summed E-state index contributed by atoms with van der Waals surface area (Å²) < 4.78 is 10.0. The molecule has 0 amide bonds. The number of aryl methyl sites for hydroxylation is 1. The van der Waals surface area contributed by atoms with Crippen LogP contribution in [0.5, 0.6) is 0 Å². The van der Waals surface area contributed by atoms with Crippen molar-refractivity contribution in [3.8, 4) is 0 Å². The molecule has 110 valence electrons. The Kier molecular flexibility index (Phi) is 5.00. The highest BCUT2D eigenvalue weighted by Crippen LogP contribution is 2.16. The van der Waals surface area contributed by atoms with E-state index >= 15 is 0 Å². The Morgan fingerprint density at radius 2 is 2.10 bits per heavy atom. The summed E-state index contributed by atoms with van der Waals surface area (Å²) in [4.78, 5) is 16.6. The van der Waals surface area contributed by atoms with Gasteiger partial charge in [0.05, 0.1) is 13.3 Å². The number of furan rings is 1. The number of esters is 1. The van der Waals surface area contributed by atoms with Gasteiger partial charge in [0.25, 0.3) is 0 Å². The summed E-state index contributed by atoms with van der Waals surface area (Å²) in [5, 5.41) is 4.49. The predicted octanol–water partition coefficient (Wildman–Crippen LogP) is 3.58. The van der Waals surface area contributed by atoms with E-state index in [4.69, 9.17) is 20.9 Å². The normalized spacial score (nSPS) is 10.8. The van der Waals surface area contributed by atoms with Gasteiger partial charge in [-0.1, -0.05) is 28.9 Å². The number of hydrogen-bond acceptors (Lipinski definition) is 5. The molecular formula is C15H14ClNO4. The van der Waals surface area contributed by atoms with Gasteiger partial charge in [-0.15, -0.1) is 0 Å². The van der Waals surface area contributed by atoms with E-state index in [1.807, 2.05) is 12.1 Å². The number of hydrogen-bond donors (Lipinski definition) is 0. The maximum absolute atomic E-state index is 11.4. The molecule has 0 unspecified atom stereocenters. The third-order valence-corrected chi connectivity index (χ3v) is 2.98. The summed E-state index contributed by atoms with van der Waals surface area (Å²) in [6.45, 7) is 1.81. The minimum absolute atomic E-state index is 0.127. The molecule has 0 radical (unpaired) electrons. The molecule has 6 heteroatoms. The lowest BCUT2D eigenvalue weighted by Crippen LogP contribution is -2.00. The standard InChI is InChI=1S/C15H14ClNO4/c1-10-14(15(18)19-2)7-13(21-10)9-20-17-8-11-3-5-12(16)6-4-11/h3-8H,9H2,1-2H3/b17-8-. The second-order valence-electron chi connectivity index (χ2n) is 4.23. The van der Waals surface area contributed by atoms with Crippen molar-refractivity contribution in [3.63, 3.8) is 0 Å². The number of halogens is 1. The van der Waals surface area contributed by atoms with Crippen molar-refractivity contribution < 1.29 is 18.8 Å². The number of methoxy groups -OCH3 is 1. The molecule has 0 atom stereocenters. The first kappa shape index (κ1) is 15.1. The van der Waals surface area contributed by atoms with E-state index in [9.17, 15) is 4.79 Å². The summed E-state index contributed by atoms with van der Waals surface area (Å²) >= 11 is 5.78. The summed E-state index contributed by atoms with van der Waals surface area (Å²) in [5.74, 6) is 0.551. The predicted molar refractivity (Wildman–Crippen MR) is 78.6 cm³/mol. The largest absolute Gasteiger partial charge is 0.465 e. The van der Waals surface area contributed by atoms with E-state index in [0.717, 1.165) is 5.56 Å². The minimum atomic E-state index is -0.438. The molecule has 0 aliphatic carbocycles. The van der Waals surface area contributed by atoms with E-state index in [-0.39, 0.29) is 6.61 Å². The SMILES string of the molecule is COC(=O)c1cc(CO/N=C\c2ccc(Cl)cc2)oc1C. The van der Waals surface area contributed by atoms with E-state index in [2.05, 4.69) is 9.89 Å². The molecule has 21 heavy (non-hydrogen) atoms. The third kappa shape index (κ3) is 4.10. The van der Waals surface area contributed by atoms with Crippen LogP contribution in [0.2, 0.25) is 5.02 Å². The Labute approximate surface area is 127 Å². The van der Waals surface area contributed by atoms with Crippen LogP contribution in [0.1, 0.15) is 27.4 Å². The number of ether oxygens (including phenoxy) is 1. The smallest absolute Gasteiger partial charge is 0.341 e. The molecule has 0 saturated carbocycles. The van der Waals surface area contributed by atoms with E-state index in [1.54, 1.807) is 31.3 Å². The maximum atomic E-state index is 11.4. The number of oxime groups is 1. The first-order valence-corrected chi connectivity index (χ1v) is 6.56. The lowest BCUT2D eigenvalue weighted by atomic mass is 10.2. The molecule has 5 nitrogen and oxygen atoms in total. The van der Waals surface area contributed by atoms with Gasteiger partial charge in [0.1, 0.15) is 17.1 Å². The van der Waals surface area contributed by atoms with Gasteiger partial charge in [-0.3, -0.25) is 0 Å². The molecule has 0 fully saturated rings. The molecule has 0 saturated heterocycles. The average molecular weight is 308 g/mol. The van der Waals surface area contributed by atoms with Gasteiger partial charge in [0, 0.05) is 5.02 Å². The van der Waals surface area contributed by atoms with Gasteiger partial charge in [0.15, 0.2) is 6.61 Å². The fourth-order valence-electron chi connectivity index (χ4n) is 1.68. The molecule has 1 heterocycles. The second kappa shape index (κ2) is 6.95. The van der Waals surface area contributed by atoms with Crippen molar-refractivity contribution in [3.05, 3.63) is 58.0 Å². The highest BCUT2D eigenvalue weighted by molar-refractivity contribution is 6.30. The van der Waals surface area contributed by atoms with Crippen LogP contribution in [0.25, 0.3) is 0 Å². The molecule has 1 aromatic carbocycles. The lowest BCUT2D eigenvalue weighted by Gasteiger charge is -1.96. The van der Waals surface area contributed by atoms with Gasteiger partial charge < -0.3 is 14.0 Å². The summed E-state index contributed by atoms with van der Waals surface area (Å²) in [7, 11) is 1.32. The van der Waals surface area contributed by atoms with Gasteiger partial charge in [-0.05, 0) is 30.7 Å². The summed E-state index contributed by atoms with van der Waals surface area (Å²) in [5.41, 5.74) is 1.25. The first-order valence-electron chi connectivity index (χ1n) is 6.18. The van der Waals surface area contributed by atoms with E-state index in [1.165, 1.54) is 7.11 Å². The topological polar surface area (TPSA) is 61.0 Å². The van der Waals surface area contributed by atoms with Crippen molar-refractivity contribution in [2.75, 3.05) is 7.11 Å². The van der Waals surface area contributed by atoms with Crippen LogP contribution in [0.15, 0.2) is 39.9 Å². The Bertz CT molecular complexity index is 646. The van der Waals surface area contributed by atoms with Gasteiger partial charge in [-0.2, -0.15) is 0 Å². The Morgan fingerprint density at radius 1 is 1.38 bits per heavy atom. The summed E-state index contributed by atoms with van der Waals surface area (Å²) in [6, 6.07) is 8.75. The Balaban J connectivity index is 1.91. The van der Waals surface area contributed by atoms with Crippen LogP contribution in [0.3, 0.4) is 0 Å². The van der Waals surface area contributed by atoms with Crippen LogP contribution in [-0.2, 0) is 16.2 Å². The van der Waals surface area contributed by atoms with Crippen LogP contribution >= 0.6 is 11.6 Å². The Hall–Kier alpha value is -2.27. The molecule has 0 N–H and O–H groups in total. The third-order valence-electron chi connectivity index (χ3n) is 2.73. The Morgan fingerprint density at radius 3 is 2.76 bits per heavy atom. The molecular weight excluding hydrogens is 294 g/mol. The summed E-state index contributed by atoms with van der Waals surface area (Å²) in [6.07, 6.45) is 1.56.